The van der Waals surface area contributed by atoms with E-state index in [4.69, 9.17) is 4.74 Å². The SMILES string of the molecule is O=C(NCCCCNCC(O)c1ccc(O)c2[nH]c(=O)ccc12)c1cccc(CNC2(C(=O)O[C@H]3CN4CCC3CC4)CCc3ccccc32)c1. The van der Waals surface area contributed by atoms with Crippen LogP contribution in [0.4, 0.5) is 0 Å². The maximum Gasteiger partial charge on any atom is 0.331 e. The van der Waals surface area contributed by atoms with Crippen LogP contribution in [0.2, 0.25) is 0 Å². The van der Waals surface area contributed by atoms with Crippen molar-refractivity contribution in [2.75, 3.05) is 39.3 Å². The van der Waals surface area contributed by atoms with Gasteiger partial charge in [0.25, 0.3) is 5.91 Å². The number of esters is 1. The number of hydrogen-bond acceptors (Lipinski definition) is 9. The molecule has 3 atom stereocenters. The van der Waals surface area contributed by atoms with E-state index in [0.29, 0.717) is 60.5 Å². The number of rotatable bonds is 14. The van der Waals surface area contributed by atoms with Gasteiger partial charge in [-0.25, -0.2) is 4.79 Å². The van der Waals surface area contributed by atoms with E-state index in [0.717, 1.165) is 62.9 Å². The Kier molecular flexibility index (Phi) is 10.5. The van der Waals surface area contributed by atoms with Gasteiger partial charge in [-0.3, -0.25) is 19.8 Å². The molecule has 2 bridgehead atoms. The van der Waals surface area contributed by atoms with Crippen LogP contribution in [0.15, 0.2) is 77.6 Å². The predicted octanol–water partition coefficient (Wildman–Crippen LogP) is 3.64. The molecule has 51 heavy (non-hydrogen) atoms. The summed E-state index contributed by atoms with van der Waals surface area (Å²) in [6.07, 6.45) is 4.25. The number of benzene rings is 3. The first kappa shape index (κ1) is 34.9. The van der Waals surface area contributed by atoms with Crippen LogP contribution in [0.3, 0.4) is 0 Å². The maximum absolute atomic E-state index is 14.0. The summed E-state index contributed by atoms with van der Waals surface area (Å²) in [6, 6.07) is 21.7. The van der Waals surface area contributed by atoms with E-state index < -0.39 is 11.6 Å². The van der Waals surface area contributed by atoms with Crippen LogP contribution in [0.5, 0.6) is 5.75 Å². The molecule has 0 spiro atoms. The zero-order chi connectivity index (χ0) is 35.4. The average Bonchev–Trinajstić information content (AvgIpc) is 3.54. The first-order valence-corrected chi connectivity index (χ1v) is 18.2. The fourth-order valence-corrected chi connectivity index (χ4v) is 8.01. The summed E-state index contributed by atoms with van der Waals surface area (Å²) in [7, 11) is 0. The van der Waals surface area contributed by atoms with Gasteiger partial charge in [-0.05, 0) is 111 Å². The summed E-state index contributed by atoms with van der Waals surface area (Å²) in [5.74, 6) is 0.0347. The van der Waals surface area contributed by atoms with Crippen LogP contribution in [-0.2, 0) is 28.0 Å². The lowest BCUT2D eigenvalue weighted by Gasteiger charge is -2.45. The van der Waals surface area contributed by atoms with Crippen molar-refractivity contribution >= 4 is 22.8 Å². The third-order valence-corrected chi connectivity index (χ3v) is 10.9. The molecule has 6 N–H and O–H groups in total. The Labute approximate surface area is 297 Å². The number of aliphatic hydroxyl groups is 1. The zero-order valence-corrected chi connectivity index (χ0v) is 28.8. The highest BCUT2D eigenvalue weighted by atomic mass is 16.5. The molecule has 268 valence electrons. The Bertz CT molecular complexity index is 1940. The van der Waals surface area contributed by atoms with Crippen molar-refractivity contribution in [2.24, 2.45) is 5.92 Å². The van der Waals surface area contributed by atoms with Crippen molar-refractivity contribution in [3.8, 4) is 5.75 Å². The lowest BCUT2D eigenvalue weighted by molar-refractivity contribution is -0.167. The highest BCUT2D eigenvalue weighted by Crippen LogP contribution is 2.40. The van der Waals surface area contributed by atoms with E-state index in [1.54, 1.807) is 18.2 Å². The van der Waals surface area contributed by atoms with Crippen LogP contribution in [0, 0.1) is 5.92 Å². The number of unbranched alkanes of at least 4 members (excludes halogenated alkanes) is 1. The Balaban J connectivity index is 0.888. The molecule has 1 aliphatic carbocycles. The standard InChI is InChI=1S/C40H47N5O6/c46-33-12-10-30(31-11-13-36(48)44-37(31)33)34(47)24-41-18-3-4-19-42-38(49)29-8-5-6-26(22-29)23-43-40(17-14-27-7-1-2-9-32(27)40)39(50)51-35-25-45-20-15-28(35)16-21-45/h1-2,5-13,22,28,34-35,41,43,46-47H,3-4,14-21,23-25H2,(H,42,49)(H,44,48)/t34?,35-,40?/m0/s1. The van der Waals surface area contributed by atoms with Gasteiger partial charge in [0, 0.05) is 43.2 Å². The van der Waals surface area contributed by atoms with E-state index >= 15 is 0 Å². The molecule has 1 amide bonds. The van der Waals surface area contributed by atoms with Crippen molar-refractivity contribution < 1.29 is 24.5 Å². The summed E-state index contributed by atoms with van der Waals surface area (Å²) in [5, 5.41) is 31.3. The number of nitrogens with one attached hydrogen (secondary N) is 4. The van der Waals surface area contributed by atoms with Gasteiger partial charge in [-0.2, -0.15) is 0 Å². The van der Waals surface area contributed by atoms with Crippen molar-refractivity contribution in [2.45, 2.75) is 62.8 Å². The van der Waals surface area contributed by atoms with Crippen LogP contribution in [0.25, 0.3) is 10.9 Å². The number of aromatic amines is 1. The van der Waals surface area contributed by atoms with Crippen molar-refractivity contribution in [1.82, 2.24) is 25.8 Å². The van der Waals surface area contributed by atoms with Gasteiger partial charge in [0.05, 0.1) is 11.6 Å². The molecule has 4 aromatic rings. The number of ether oxygens (including phenoxy) is 1. The number of pyridine rings is 1. The number of carbonyl (C=O) groups is 2. The number of phenols is 1. The van der Waals surface area contributed by atoms with Crippen molar-refractivity contribution in [3.63, 3.8) is 0 Å². The minimum absolute atomic E-state index is 0.0441. The largest absolute Gasteiger partial charge is 0.506 e. The summed E-state index contributed by atoms with van der Waals surface area (Å²) >= 11 is 0. The van der Waals surface area contributed by atoms with Crippen molar-refractivity contribution in [3.05, 3.63) is 111 Å². The molecule has 3 aliphatic heterocycles. The Hall–Kier alpha value is -4.55. The normalized spacial score (nSPS) is 22.8. The smallest absolute Gasteiger partial charge is 0.331 e. The van der Waals surface area contributed by atoms with E-state index in [1.165, 1.54) is 17.7 Å². The van der Waals surface area contributed by atoms with Gasteiger partial charge in [0.2, 0.25) is 5.56 Å². The second-order valence-corrected chi connectivity index (χ2v) is 14.2. The third-order valence-electron chi connectivity index (χ3n) is 10.9. The zero-order valence-electron chi connectivity index (χ0n) is 28.8. The second-order valence-electron chi connectivity index (χ2n) is 14.2. The lowest BCUT2D eigenvalue weighted by Crippen LogP contribution is -2.55. The number of phenolic OH excluding ortho intramolecular Hbond substituents is 1. The molecule has 0 saturated carbocycles. The number of amides is 1. The third kappa shape index (κ3) is 7.57. The predicted molar refractivity (Wildman–Crippen MR) is 194 cm³/mol. The molecular formula is C40H47N5O6. The number of aryl methyl sites for hydroxylation is 1. The second kappa shape index (κ2) is 15.4. The summed E-state index contributed by atoms with van der Waals surface area (Å²) in [6.45, 7) is 4.86. The Morgan fingerprint density at radius 3 is 2.65 bits per heavy atom. The average molecular weight is 694 g/mol. The molecule has 11 heteroatoms. The van der Waals surface area contributed by atoms with Gasteiger partial charge >= 0.3 is 5.97 Å². The molecule has 3 saturated heterocycles. The number of aromatic nitrogens is 1. The molecule has 4 heterocycles. The van der Waals surface area contributed by atoms with E-state index in [2.05, 4.69) is 31.9 Å². The maximum atomic E-state index is 14.0. The first-order chi connectivity index (χ1) is 24.8. The number of piperidine rings is 3. The Morgan fingerprint density at radius 2 is 1.82 bits per heavy atom. The van der Waals surface area contributed by atoms with E-state index in [-0.39, 0.29) is 29.3 Å². The minimum atomic E-state index is -0.927. The number of nitrogens with zero attached hydrogens (tertiary/aromatic N) is 1. The number of hydrogen-bond donors (Lipinski definition) is 6. The molecular weight excluding hydrogens is 646 g/mol. The Morgan fingerprint density at radius 1 is 1.00 bits per heavy atom. The van der Waals surface area contributed by atoms with Gasteiger partial charge < -0.3 is 30.6 Å². The fourth-order valence-electron chi connectivity index (χ4n) is 8.01. The highest BCUT2D eigenvalue weighted by Gasteiger charge is 2.48. The lowest BCUT2D eigenvalue weighted by atomic mass is 9.85. The van der Waals surface area contributed by atoms with E-state index in [1.807, 2.05) is 36.4 Å². The van der Waals surface area contributed by atoms with E-state index in [9.17, 15) is 24.6 Å². The van der Waals surface area contributed by atoms with Crippen LogP contribution < -0.4 is 21.5 Å². The quantitative estimate of drug-likeness (QED) is 0.0858. The highest BCUT2D eigenvalue weighted by molar-refractivity contribution is 5.94. The molecule has 1 aromatic heterocycles. The molecule has 3 aromatic carbocycles. The van der Waals surface area contributed by atoms with Gasteiger partial charge in [0.15, 0.2) is 0 Å². The van der Waals surface area contributed by atoms with Crippen molar-refractivity contribution in [1.29, 1.82) is 0 Å². The molecule has 4 aliphatic rings. The number of aliphatic hydroxyl groups excluding tert-OH is 1. The number of fused-ring (bicyclic) bond motifs is 5. The first-order valence-electron chi connectivity index (χ1n) is 18.2. The number of aromatic hydroxyl groups is 1. The number of H-pyrrole nitrogens is 1. The van der Waals surface area contributed by atoms with Gasteiger partial charge in [-0.1, -0.05) is 42.5 Å². The van der Waals surface area contributed by atoms with Crippen LogP contribution >= 0.6 is 0 Å². The molecule has 0 radical (unpaired) electrons. The summed E-state index contributed by atoms with van der Waals surface area (Å²) in [4.78, 5) is 43.8. The van der Waals surface area contributed by atoms with Crippen LogP contribution in [-0.4, -0.2) is 77.3 Å². The van der Waals surface area contributed by atoms with Crippen LogP contribution in [0.1, 0.15) is 70.8 Å². The monoisotopic (exact) mass is 693 g/mol. The topological polar surface area (TPSA) is 156 Å². The fraction of sp³-hybridized carbons (Fsp3) is 0.425. The van der Waals surface area contributed by atoms with Gasteiger partial charge in [0.1, 0.15) is 17.4 Å². The molecule has 8 rings (SSSR count). The number of carbonyl (C=O) groups excluding carboxylic acids is 2. The molecule has 11 nitrogen and oxygen atoms in total. The molecule has 3 fully saturated rings. The van der Waals surface area contributed by atoms with Gasteiger partial charge in [-0.15, -0.1) is 0 Å². The minimum Gasteiger partial charge on any atom is -0.506 e. The summed E-state index contributed by atoms with van der Waals surface area (Å²) < 4.78 is 6.31. The summed E-state index contributed by atoms with van der Waals surface area (Å²) in [5.41, 5.74) is 3.30. The molecule has 2 unspecified atom stereocenters.